The number of nitrogens with one attached hydrogen (secondary N) is 2. The number of carbonyl (C=O) groups is 2. The molecule has 2 N–H and O–H groups in total. The monoisotopic (exact) mass is 401 g/mol. The number of hydrogen-bond acceptors (Lipinski definition) is 5. The molecule has 27 heavy (non-hydrogen) atoms. The summed E-state index contributed by atoms with van der Waals surface area (Å²) >= 11 is 7.06. The number of nitriles is 1. The third-order valence-electron chi connectivity index (χ3n) is 4.02. The molecule has 1 aliphatic heterocycles. The largest absolute Gasteiger partial charge is 0.467 e. The number of carbonyl (C=O) groups excluding carboxylic acids is 2. The molecule has 0 fully saturated rings. The first-order valence-corrected chi connectivity index (χ1v) is 9.54. The van der Waals surface area contributed by atoms with Crippen LogP contribution in [0, 0.1) is 11.3 Å². The predicted molar refractivity (Wildman–Crippen MR) is 103 cm³/mol. The maximum Gasteiger partial charge on any atom is 0.230 e. The zero-order valence-corrected chi connectivity index (χ0v) is 15.8. The van der Waals surface area contributed by atoms with Gasteiger partial charge in [-0.2, -0.15) is 5.26 Å². The van der Waals surface area contributed by atoms with Gasteiger partial charge in [-0.05, 0) is 29.8 Å². The Kier molecular flexibility index (Phi) is 6.22. The Labute approximate surface area is 165 Å². The lowest BCUT2D eigenvalue weighted by Crippen LogP contribution is -2.32. The molecule has 8 heteroatoms. The molecular weight excluding hydrogens is 386 g/mol. The van der Waals surface area contributed by atoms with Crippen molar-refractivity contribution < 1.29 is 14.0 Å². The first-order chi connectivity index (χ1) is 13.1. The molecule has 0 bridgehead atoms. The summed E-state index contributed by atoms with van der Waals surface area (Å²) < 4.78 is 5.16. The molecule has 138 valence electrons. The fourth-order valence-electron chi connectivity index (χ4n) is 2.70. The normalized spacial score (nSPS) is 16.6. The highest BCUT2D eigenvalue weighted by molar-refractivity contribution is 8.03. The van der Waals surface area contributed by atoms with Gasteiger partial charge in [-0.3, -0.25) is 9.59 Å². The lowest BCUT2D eigenvalue weighted by Gasteiger charge is -2.25. The maximum absolute atomic E-state index is 12.1. The van der Waals surface area contributed by atoms with Crippen LogP contribution >= 0.6 is 23.4 Å². The molecule has 0 aliphatic carbocycles. The van der Waals surface area contributed by atoms with Gasteiger partial charge in [0.1, 0.15) is 5.76 Å². The van der Waals surface area contributed by atoms with Crippen LogP contribution in [-0.2, 0) is 16.1 Å². The molecule has 6 nitrogen and oxygen atoms in total. The van der Waals surface area contributed by atoms with E-state index in [-0.39, 0.29) is 36.5 Å². The molecule has 2 aromatic rings. The zero-order valence-electron chi connectivity index (χ0n) is 14.2. The van der Waals surface area contributed by atoms with Gasteiger partial charge in [0.25, 0.3) is 0 Å². The van der Waals surface area contributed by atoms with Gasteiger partial charge >= 0.3 is 0 Å². The molecular formula is C19H16ClN3O3S. The smallest absolute Gasteiger partial charge is 0.230 e. The SMILES string of the molecule is N#CC1=C(SCC(=O)NCc2ccco2)NC(=O)C[C@@H]1c1ccc(Cl)cc1. The Bertz CT molecular complexity index is 901. The van der Waals surface area contributed by atoms with Gasteiger partial charge in [-0.15, -0.1) is 0 Å². The van der Waals surface area contributed by atoms with E-state index >= 15 is 0 Å². The predicted octanol–water partition coefficient (Wildman–Crippen LogP) is 3.32. The Morgan fingerprint density at radius 2 is 2.15 bits per heavy atom. The lowest BCUT2D eigenvalue weighted by molar-refractivity contribution is -0.121. The van der Waals surface area contributed by atoms with Crippen LogP contribution in [0.5, 0.6) is 0 Å². The number of benzene rings is 1. The maximum atomic E-state index is 12.1. The van der Waals surface area contributed by atoms with Crippen molar-refractivity contribution in [3.63, 3.8) is 0 Å². The van der Waals surface area contributed by atoms with E-state index in [1.165, 1.54) is 6.26 Å². The van der Waals surface area contributed by atoms with Gasteiger partial charge in [0.05, 0.1) is 35.2 Å². The van der Waals surface area contributed by atoms with Crippen molar-refractivity contribution in [2.24, 2.45) is 0 Å². The third kappa shape index (κ3) is 4.94. The van der Waals surface area contributed by atoms with Gasteiger partial charge in [-0.25, -0.2) is 0 Å². The molecule has 3 rings (SSSR count). The molecule has 0 unspecified atom stereocenters. The van der Waals surface area contributed by atoms with Gasteiger partial charge < -0.3 is 15.1 Å². The number of halogens is 1. The van der Waals surface area contributed by atoms with Gasteiger partial charge in [0.15, 0.2) is 0 Å². The van der Waals surface area contributed by atoms with Crippen molar-refractivity contribution in [1.82, 2.24) is 10.6 Å². The summed E-state index contributed by atoms with van der Waals surface area (Å²) in [6.45, 7) is 0.288. The standard InChI is InChI=1S/C19H16ClN3O3S/c20-13-5-3-12(4-6-13)15-8-17(24)23-19(16(15)9-21)27-11-18(25)22-10-14-2-1-7-26-14/h1-7,15H,8,10-11H2,(H,22,25)(H,23,24)/t15-/m1/s1. The summed E-state index contributed by atoms with van der Waals surface area (Å²) in [6, 6.07) is 12.8. The summed E-state index contributed by atoms with van der Waals surface area (Å²) in [4.78, 5) is 24.1. The molecule has 2 heterocycles. The van der Waals surface area contributed by atoms with E-state index in [1.807, 2.05) is 0 Å². The second-order valence-electron chi connectivity index (χ2n) is 5.86. The molecule has 1 aliphatic rings. The van der Waals surface area contributed by atoms with E-state index in [0.717, 1.165) is 17.3 Å². The summed E-state index contributed by atoms with van der Waals surface area (Å²) in [5.41, 5.74) is 1.28. The van der Waals surface area contributed by atoms with Crippen molar-refractivity contribution in [2.45, 2.75) is 18.9 Å². The van der Waals surface area contributed by atoms with E-state index in [1.54, 1.807) is 36.4 Å². The lowest BCUT2D eigenvalue weighted by atomic mass is 9.87. The topological polar surface area (TPSA) is 95.1 Å². The van der Waals surface area contributed by atoms with E-state index in [4.69, 9.17) is 16.0 Å². The quantitative estimate of drug-likeness (QED) is 0.774. The van der Waals surface area contributed by atoms with Crippen molar-refractivity contribution in [3.8, 4) is 6.07 Å². The second kappa shape index (κ2) is 8.80. The first-order valence-electron chi connectivity index (χ1n) is 8.18. The highest BCUT2D eigenvalue weighted by atomic mass is 35.5. The number of allylic oxidation sites excluding steroid dienone is 1. The summed E-state index contributed by atoms with van der Waals surface area (Å²) in [7, 11) is 0. The number of hydrogen-bond donors (Lipinski definition) is 2. The van der Waals surface area contributed by atoms with Crippen molar-refractivity contribution >= 4 is 35.2 Å². The van der Waals surface area contributed by atoms with E-state index in [0.29, 0.717) is 21.4 Å². The van der Waals surface area contributed by atoms with Crippen LogP contribution < -0.4 is 10.6 Å². The average Bonchev–Trinajstić information content (AvgIpc) is 3.18. The van der Waals surface area contributed by atoms with Gasteiger partial charge in [0, 0.05) is 17.4 Å². The highest BCUT2D eigenvalue weighted by Gasteiger charge is 2.29. The van der Waals surface area contributed by atoms with E-state index < -0.39 is 0 Å². The molecule has 0 saturated carbocycles. The van der Waals surface area contributed by atoms with E-state index in [2.05, 4.69) is 16.7 Å². The van der Waals surface area contributed by atoms with Crippen molar-refractivity contribution in [1.29, 1.82) is 5.26 Å². The van der Waals surface area contributed by atoms with Crippen LogP contribution in [0.2, 0.25) is 5.02 Å². The van der Waals surface area contributed by atoms with Crippen LogP contribution in [-0.4, -0.2) is 17.6 Å². The van der Waals surface area contributed by atoms with Crippen LogP contribution in [0.25, 0.3) is 0 Å². The number of thioether (sulfide) groups is 1. The third-order valence-corrected chi connectivity index (χ3v) is 5.29. The van der Waals surface area contributed by atoms with Gasteiger partial charge in [0.2, 0.25) is 11.8 Å². The minimum Gasteiger partial charge on any atom is -0.467 e. The summed E-state index contributed by atoms with van der Waals surface area (Å²) in [6.07, 6.45) is 1.72. The van der Waals surface area contributed by atoms with Gasteiger partial charge in [-0.1, -0.05) is 35.5 Å². The number of nitrogens with zero attached hydrogens (tertiary/aromatic N) is 1. The molecule has 2 amide bonds. The zero-order chi connectivity index (χ0) is 19.2. The number of furan rings is 1. The van der Waals surface area contributed by atoms with Crippen molar-refractivity contribution in [2.75, 3.05) is 5.75 Å². The Morgan fingerprint density at radius 1 is 1.37 bits per heavy atom. The molecule has 1 aromatic carbocycles. The number of amides is 2. The highest BCUT2D eigenvalue weighted by Crippen LogP contribution is 2.36. The minimum atomic E-state index is -0.352. The molecule has 1 aromatic heterocycles. The average molecular weight is 402 g/mol. The number of rotatable bonds is 6. The van der Waals surface area contributed by atoms with Crippen molar-refractivity contribution in [3.05, 3.63) is 69.6 Å². The fraction of sp³-hybridized carbons (Fsp3) is 0.211. The van der Waals surface area contributed by atoms with E-state index in [9.17, 15) is 14.9 Å². The Hall–Kier alpha value is -2.69. The van der Waals surface area contributed by atoms with Crippen LogP contribution in [0.1, 0.15) is 23.7 Å². The minimum absolute atomic E-state index is 0.0782. The molecule has 0 spiro atoms. The molecule has 0 radical (unpaired) electrons. The second-order valence-corrected chi connectivity index (χ2v) is 7.28. The fourth-order valence-corrected chi connectivity index (χ4v) is 3.73. The van der Waals surface area contributed by atoms with Crippen LogP contribution in [0.15, 0.2) is 57.7 Å². The van der Waals surface area contributed by atoms with Crippen LogP contribution in [0.3, 0.4) is 0 Å². The van der Waals surface area contributed by atoms with Crippen LogP contribution in [0.4, 0.5) is 0 Å². The molecule has 0 saturated heterocycles. The summed E-state index contributed by atoms with van der Waals surface area (Å²) in [5.74, 6) is -0.0280. The Balaban J connectivity index is 1.69. The summed E-state index contributed by atoms with van der Waals surface area (Å²) in [5, 5.41) is 16.1. The Morgan fingerprint density at radius 3 is 2.81 bits per heavy atom. The first kappa shape index (κ1) is 19.1. The molecule has 1 atom stereocenters.